The highest BCUT2D eigenvalue weighted by Crippen LogP contribution is 2.13. The van der Waals surface area contributed by atoms with E-state index < -0.39 is 0 Å². The molecule has 0 amide bonds. The van der Waals surface area contributed by atoms with Gasteiger partial charge in [0.25, 0.3) is 0 Å². The highest BCUT2D eigenvalue weighted by Gasteiger charge is 2.10. The Balaban J connectivity index is 2.08. The lowest BCUT2D eigenvalue weighted by atomic mass is 10.1. The van der Waals surface area contributed by atoms with Gasteiger partial charge in [0.2, 0.25) is 0 Å². The zero-order valence-corrected chi connectivity index (χ0v) is 11.1. The molecule has 0 radical (unpaired) electrons. The third-order valence-electron chi connectivity index (χ3n) is 2.86. The number of carbonyl (C=O) groups excluding carboxylic acids is 1. The lowest BCUT2D eigenvalue weighted by Crippen LogP contribution is -2.08. The first-order chi connectivity index (χ1) is 9.24. The molecule has 1 N–H and O–H groups in total. The van der Waals surface area contributed by atoms with Crippen LogP contribution in [0.4, 0.5) is 5.69 Å². The van der Waals surface area contributed by atoms with Crippen LogP contribution in [0.25, 0.3) is 0 Å². The van der Waals surface area contributed by atoms with Crippen molar-refractivity contribution in [2.24, 2.45) is 0 Å². The Hall–Kier alpha value is -2.30. The molecular formula is C14H17N3O2. The van der Waals surface area contributed by atoms with Gasteiger partial charge < -0.3 is 10.1 Å². The summed E-state index contributed by atoms with van der Waals surface area (Å²) in [4.78, 5) is 11.6. The van der Waals surface area contributed by atoms with Crippen molar-refractivity contribution in [3.05, 3.63) is 47.8 Å². The van der Waals surface area contributed by atoms with E-state index in [4.69, 9.17) is 4.74 Å². The van der Waals surface area contributed by atoms with Gasteiger partial charge in [0.1, 0.15) is 0 Å². The van der Waals surface area contributed by atoms with Crippen molar-refractivity contribution >= 4 is 11.7 Å². The summed E-state index contributed by atoms with van der Waals surface area (Å²) in [7, 11) is 1.39. The molecule has 0 atom stereocenters. The molecule has 0 aliphatic heterocycles. The second-order valence-corrected chi connectivity index (χ2v) is 4.09. The van der Waals surface area contributed by atoms with Crippen LogP contribution < -0.4 is 5.32 Å². The molecule has 0 spiro atoms. The standard InChI is InChI=1S/C14H17N3O2/c1-3-17-10-12(9-16-17)15-8-11-6-4-5-7-13(11)14(18)19-2/h4-7,9-10,15H,3,8H2,1-2H3. The number of hydrogen-bond acceptors (Lipinski definition) is 4. The SMILES string of the molecule is CCn1cc(NCc2ccccc2C(=O)OC)cn1. The predicted molar refractivity (Wildman–Crippen MR) is 73.0 cm³/mol. The van der Waals surface area contributed by atoms with Crippen LogP contribution in [0, 0.1) is 0 Å². The summed E-state index contributed by atoms with van der Waals surface area (Å²) in [6, 6.07) is 7.39. The molecule has 0 fully saturated rings. The highest BCUT2D eigenvalue weighted by atomic mass is 16.5. The van der Waals surface area contributed by atoms with Crippen LogP contribution in [-0.4, -0.2) is 22.9 Å². The quantitative estimate of drug-likeness (QED) is 0.837. The largest absolute Gasteiger partial charge is 0.465 e. The van der Waals surface area contributed by atoms with Gasteiger partial charge in [-0.15, -0.1) is 0 Å². The number of nitrogens with one attached hydrogen (secondary N) is 1. The summed E-state index contributed by atoms with van der Waals surface area (Å²) >= 11 is 0. The number of esters is 1. The van der Waals surface area contributed by atoms with E-state index in [1.54, 1.807) is 12.3 Å². The van der Waals surface area contributed by atoms with Crippen molar-refractivity contribution in [2.45, 2.75) is 20.0 Å². The Labute approximate surface area is 112 Å². The molecule has 0 unspecified atom stereocenters. The van der Waals surface area contributed by atoms with Gasteiger partial charge in [0.15, 0.2) is 0 Å². The minimum Gasteiger partial charge on any atom is -0.465 e. The molecule has 5 heteroatoms. The number of aryl methyl sites for hydroxylation is 1. The molecule has 5 nitrogen and oxygen atoms in total. The van der Waals surface area contributed by atoms with Crippen molar-refractivity contribution in [3.63, 3.8) is 0 Å². The fraction of sp³-hybridized carbons (Fsp3) is 0.286. The number of carbonyl (C=O) groups is 1. The summed E-state index contributed by atoms with van der Waals surface area (Å²) in [6.45, 7) is 3.42. The minimum atomic E-state index is -0.318. The zero-order chi connectivity index (χ0) is 13.7. The van der Waals surface area contributed by atoms with E-state index in [0.29, 0.717) is 12.1 Å². The van der Waals surface area contributed by atoms with Crippen molar-refractivity contribution in [1.82, 2.24) is 9.78 Å². The molecule has 19 heavy (non-hydrogen) atoms. The van der Waals surface area contributed by atoms with Gasteiger partial charge in [-0.25, -0.2) is 4.79 Å². The van der Waals surface area contributed by atoms with E-state index in [2.05, 4.69) is 10.4 Å². The Morgan fingerprint density at radius 3 is 2.89 bits per heavy atom. The number of benzene rings is 1. The van der Waals surface area contributed by atoms with E-state index in [-0.39, 0.29) is 5.97 Å². The van der Waals surface area contributed by atoms with E-state index in [1.807, 2.05) is 36.0 Å². The number of hydrogen-bond donors (Lipinski definition) is 1. The number of aromatic nitrogens is 2. The van der Waals surface area contributed by atoms with Gasteiger partial charge in [-0.05, 0) is 18.6 Å². The molecule has 1 aromatic carbocycles. The third kappa shape index (κ3) is 3.13. The molecule has 2 aromatic rings. The molecule has 0 saturated carbocycles. The topological polar surface area (TPSA) is 56.2 Å². The molecule has 1 heterocycles. The van der Waals surface area contributed by atoms with Crippen LogP contribution in [0.15, 0.2) is 36.7 Å². The maximum absolute atomic E-state index is 11.6. The molecule has 100 valence electrons. The number of nitrogens with zero attached hydrogens (tertiary/aromatic N) is 2. The fourth-order valence-electron chi connectivity index (χ4n) is 1.81. The summed E-state index contributed by atoms with van der Waals surface area (Å²) < 4.78 is 6.61. The number of rotatable bonds is 5. The summed E-state index contributed by atoms with van der Waals surface area (Å²) in [5, 5.41) is 7.43. The number of ether oxygens (including phenoxy) is 1. The highest BCUT2D eigenvalue weighted by molar-refractivity contribution is 5.91. The van der Waals surface area contributed by atoms with Crippen molar-refractivity contribution < 1.29 is 9.53 Å². The second-order valence-electron chi connectivity index (χ2n) is 4.09. The summed E-state index contributed by atoms with van der Waals surface area (Å²) in [5.74, 6) is -0.318. The van der Waals surface area contributed by atoms with Gasteiger partial charge in [0, 0.05) is 19.3 Å². The first kappa shape index (κ1) is 13.1. The maximum Gasteiger partial charge on any atom is 0.338 e. The summed E-state index contributed by atoms with van der Waals surface area (Å²) in [6.07, 6.45) is 3.70. The van der Waals surface area contributed by atoms with Crippen molar-refractivity contribution in [1.29, 1.82) is 0 Å². The second kappa shape index (κ2) is 6.04. The van der Waals surface area contributed by atoms with Crippen LogP contribution in [-0.2, 0) is 17.8 Å². The monoisotopic (exact) mass is 259 g/mol. The molecule has 1 aromatic heterocycles. The Bertz CT molecular complexity index is 563. The van der Waals surface area contributed by atoms with Crippen molar-refractivity contribution in [2.75, 3.05) is 12.4 Å². The average molecular weight is 259 g/mol. The predicted octanol–water partition coefficient (Wildman–Crippen LogP) is 2.30. The minimum absolute atomic E-state index is 0.318. The van der Waals surface area contributed by atoms with Crippen molar-refractivity contribution in [3.8, 4) is 0 Å². The van der Waals surface area contributed by atoms with E-state index in [0.717, 1.165) is 17.8 Å². The first-order valence-electron chi connectivity index (χ1n) is 6.17. The Morgan fingerprint density at radius 1 is 1.42 bits per heavy atom. The molecule has 2 rings (SSSR count). The normalized spacial score (nSPS) is 10.2. The number of methoxy groups -OCH3 is 1. The van der Waals surface area contributed by atoms with E-state index >= 15 is 0 Å². The van der Waals surface area contributed by atoms with E-state index in [9.17, 15) is 4.79 Å². The van der Waals surface area contributed by atoms with Crippen LogP contribution in [0.2, 0.25) is 0 Å². The average Bonchev–Trinajstić information content (AvgIpc) is 2.92. The molecule has 0 bridgehead atoms. The van der Waals surface area contributed by atoms with Gasteiger partial charge in [0.05, 0.1) is 24.6 Å². The Kier molecular flexibility index (Phi) is 4.18. The summed E-state index contributed by atoms with van der Waals surface area (Å²) in [5.41, 5.74) is 2.42. The van der Waals surface area contributed by atoms with Gasteiger partial charge in [-0.3, -0.25) is 4.68 Å². The molecule has 0 aliphatic carbocycles. The Morgan fingerprint density at radius 2 is 2.21 bits per heavy atom. The fourth-order valence-corrected chi connectivity index (χ4v) is 1.81. The first-order valence-corrected chi connectivity index (χ1v) is 6.17. The van der Waals surface area contributed by atoms with Gasteiger partial charge in [-0.1, -0.05) is 18.2 Å². The van der Waals surface area contributed by atoms with Gasteiger partial charge >= 0.3 is 5.97 Å². The lowest BCUT2D eigenvalue weighted by Gasteiger charge is -2.08. The molecule has 0 aliphatic rings. The van der Waals surface area contributed by atoms with Crippen LogP contribution in [0.1, 0.15) is 22.8 Å². The van der Waals surface area contributed by atoms with Crippen LogP contribution in [0.5, 0.6) is 0 Å². The van der Waals surface area contributed by atoms with E-state index in [1.165, 1.54) is 7.11 Å². The van der Waals surface area contributed by atoms with Gasteiger partial charge in [-0.2, -0.15) is 5.10 Å². The lowest BCUT2D eigenvalue weighted by molar-refractivity contribution is 0.0599. The molecular weight excluding hydrogens is 242 g/mol. The zero-order valence-electron chi connectivity index (χ0n) is 11.1. The molecule has 0 saturated heterocycles. The number of anilines is 1. The van der Waals surface area contributed by atoms with Crippen LogP contribution >= 0.6 is 0 Å². The van der Waals surface area contributed by atoms with Crippen LogP contribution in [0.3, 0.4) is 0 Å². The third-order valence-corrected chi connectivity index (χ3v) is 2.86. The maximum atomic E-state index is 11.6. The smallest absolute Gasteiger partial charge is 0.338 e.